The largest absolute Gasteiger partial charge is 0.495 e. The van der Waals surface area contributed by atoms with Crippen molar-refractivity contribution in [2.24, 2.45) is 5.92 Å². The topological polar surface area (TPSA) is 120 Å². The van der Waals surface area contributed by atoms with Gasteiger partial charge in [-0.25, -0.2) is 13.4 Å². The molecule has 2 aliphatic rings. The molecule has 2 N–H and O–H groups in total. The maximum absolute atomic E-state index is 13.5. The van der Waals surface area contributed by atoms with E-state index in [0.29, 0.717) is 42.7 Å². The van der Waals surface area contributed by atoms with E-state index in [9.17, 15) is 13.2 Å². The molecular formula is C30H38ClN7O4S. The summed E-state index contributed by atoms with van der Waals surface area (Å²) in [7, 11) is 1.45. The maximum atomic E-state index is 13.5. The van der Waals surface area contributed by atoms with Gasteiger partial charge in [-0.3, -0.25) is 9.69 Å². The average Bonchev–Trinajstić information content (AvgIpc) is 3.34. The molecule has 0 radical (unpaired) electrons. The lowest BCUT2D eigenvalue weighted by Crippen LogP contribution is -2.37. The minimum atomic E-state index is -3.70. The molecule has 43 heavy (non-hydrogen) atoms. The number of carbonyl (C=O) groups excluding carboxylic acids is 1. The van der Waals surface area contributed by atoms with Gasteiger partial charge in [0.15, 0.2) is 5.82 Å². The number of carbonyl (C=O) groups is 1. The molecule has 1 amide bonds. The summed E-state index contributed by atoms with van der Waals surface area (Å²) >= 11 is 6.47. The van der Waals surface area contributed by atoms with Crippen LogP contribution in [-0.4, -0.2) is 92.3 Å². The number of nitrogens with zero attached hydrogens (tertiary/aromatic N) is 5. The van der Waals surface area contributed by atoms with Crippen molar-refractivity contribution in [2.75, 3.05) is 64.6 Å². The van der Waals surface area contributed by atoms with Gasteiger partial charge in [-0.05, 0) is 60.6 Å². The van der Waals surface area contributed by atoms with Crippen molar-refractivity contribution in [1.82, 2.24) is 24.1 Å². The maximum Gasteiger partial charge on any atom is 0.245 e. The van der Waals surface area contributed by atoms with Gasteiger partial charge in [0.1, 0.15) is 15.7 Å². The Morgan fingerprint density at radius 2 is 1.81 bits per heavy atom. The lowest BCUT2D eigenvalue weighted by molar-refractivity contribution is -0.129. The van der Waals surface area contributed by atoms with E-state index in [0.717, 1.165) is 37.9 Å². The smallest absolute Gasteiger partial charge is 0.245 e. The van der Waals surface area contributed by atoms with Crippen LogP contribution in [0.5, 0.6) is 5.75 Å². The second-order valence-corrected chi connectivity index (χ2v) is 13.6. The van der Waals surface area contributed by atoms with E-state index >= 15 is 0 Å². The molecule has 0 saturated carbocycles. The third-order valence-electron chi connectivity index (χ3n) is 7.91. The summed E-state index contributed by atoms with van der Waals surface area (Å²) in [6, 6.07) is 10.8. The quantitative estimate of drug-likeness (QED) is 0.361. The number of benzene rings is 2. The molecule has 3 heterocycles. The molecule has 13 heteroatoms. The van der Waals surface area contributed by atoms with Gasteiger partial charge >= 0.3 is 0 Å². The first-order valence-electron chi connectivity index (χ1n) is 14.3. The fourth-order valence-electron chi connectivity index (χ4n) is 5.37. The highest BCUT2D eigenvalue weighted by Crippen LogP contribution is 2.35. The van der Waals surface area contributed by atoms with E-state index in [4.69, 9.17) is 16.3 Å². The highest BCUT2D eigenvalue weighted by Gasteiger charge is 2.32. The molecule has 0 aliphatic carbocycles. The molecule has 0 spiro atoms. The first-order chi connectivity index (χ1) is 20.5. The van der Waals surface area contributed by atoms with Crippen LogP contribution in [0.1, 0.15) is 24.5 Å². The Kier molecular flexibility index (Phi) is 9.40. The number of likely N-dealkylation sites (N-methyl/N-ethyl adjacent to an activating group) is 1. The van der Waals surface area contributed by atoms with Crippen LogP contribution >= 0.6 is 11.6 Å². The van der Waals surface area contributed by atoms with E-state index in [-0.39, 0.29) is 27.6 Å². The fourth-order valence-corrected chi connectivity index (χ4v) is 7.23. The number of fused-ring (bicyclic) bond motifs is 1. The Balaban J connectivity index is 1.37. The minimum Gasteiger partial charge on any atom is -0.495 e. The van der Waals surface area contributed by atoms with Gasteiger partial charge in [0, 0.05) is 40.3 Å². The van der Waals surface area contributed by atoms with Crippen LogP contribution in [-0.2, 0) is 27.7 Å². The highest BCUT2D eigenvalue weighted by molar-refractivity contribution is 7.89. The molecule has 11 nitrogen and oxygen atoms in total. The van der Waals surface area contributed by atoms with E-state index in [1.54, 1.807) is 50.4 Å². The van der Waals surface area contributed by atoms with Gasteiger partial charge in [-0.1, -0.05) is 30.7 Å². The van der Waals surface area contributed by atoms with Crippen LogP contribution in [0, 0.1) is 5.92 Å². The van der Waals surface area contributed by atoms with Crippen molar-refractivity contribution < 1.29 is 17.9 Å². The van der Waals surface area contributed by atoms with E-state index < -0.39 is 10.0 Å². The molecule has 1 saturated heterocycles. The van der Waals surface area contributed by atoms with E-state index in [1.165, 1.54) is 16.1 Å². The third-order valence-corrected chi connectivity index (χ3v) is 10.1. The molecule has 1 aromatic heterocycles. The van der Waals surface area contributed by atoms with Gasteiger partial charge in [-0.2, -0.15) is 9.29 Å². The van der Waals surface area contributed by atoms with Crippen molar-refractivity contribution in [3.63, 3.8) is 0 Å². The number of aromatic nitrogens is 2. The summed E-state index contributed by atoms with van der Waals surface area (Å²) in [5, 5.41) is 6.62. The van der Waals surface area contributed by atoms with Crippen molar-refractivity contribution in [1.29, 1.82) is 0 Å². The zero-order valence-electron chi connectivity index (χ0n) is 24.9. The Hall–Kier alpha value is -3.45. The summed E-state index contributed by atoms with van der Waals surface area (Å²) in [6.07, 6.45) is 3.89. The van der Waals surface area contributed by atoms with Crippen LogP contribution in [0.3, 0.4) is 0 Å². The summed E-state index contributed by atoms with van der Waals surface area (Å²) in [5.74, 6) is 1.58. The molecule has 3 aromatic rings. The van der Waals surface area contributed by atoms with Crippen LogP contribution < -0.4 is 15.4 Å². The van der Waals surface area contributed by atoms with Gasteiger partial charge in [-0.15, -0.1) is 0 Å². The second kappa shape index (κ2) is 13.0. The Morgan fingerprint density at radius 1 is 1.09 bits per heavy atom. The minimum absolute atomic E-state index is 0.0843. The number of halogens is 1. The number of hydrogen-bond acceptors (Lipinski definition) is 9. The van der Waals surface area contributed by atoms with Crippen LogP contribution in [0.25, 0.3) is 0 Å². The summed E-state index contributed by atoms with van der Waals surface area (Å²) in [4.78, 5) is 25.2. The molecule has 1 atom stereocenters. The monoisotopic (exact) mass is 627 g/mol. The number of hydrogen-bond donors (Lipinski definition) is 2. The van der Waals surface area contributed by atoms with Gasteiger partial charge in [0.2, 0.25) is 21.9 Å². The first-order valence-corrected chi connectivity index (χ1v) is 16.1. The van der Waals surface area contributed by atoms with Gasteiger partial charge < -0.3 is 20.3 Å². The summed E-state index contributed by atoms with van der Waals surface area (Å²) in [5.41, 5.74) is 3.41. The number of ether oxygens (including phenoxy) is 1. The third kappa shape index (κ3) is 7.04. The zero-order valence-corrected chi connectivity index (χ0v) is 26.5. The van der Waals surface area contributed by atoms with E-state index in [2.05, 4.69) is 32.4 Å². The Labute approximate surface area is 258 Å². The number of sulfonamides is 1. The Morgan fingerprint density at radius 3 is 2.49 bits per heavy atom. The predicted molar refractivity (Wildman–Crippen MR) is 168 cm³/mol. The van der Waals surface area contributed by atoms with Crippen LogP contribution in [0.4, 0.5) is 23.1 Å². The van der Waals surface area contributed by atoms with Crippen molar-refractivity contribution in [3.8, 4) is 5.75 Å². The normalized spacial score (nSPS) is 17.7. The zero-order chi connectivity index (χ0) is 30.7. The number of nitrogens with one attached hydrogen (secondary N) is 2. The van der Waals surface area contributed by atoms with Crippen molar-refractivity contribution in [2.45, 2.75) is 31.1 Å². The average molecular weight is 628 g/mol. The summed E-state index contributed by atoms with van der Waals surface area (Å²) in [6.45, 7) is 4.98. The molecule has 0 unspecified atom stereocenters. The molecule has 2 aromatic carbocycles. The standard InChI is InChI=1S/C30H38ClN7O4S/c1-20-9-14-38(18-20)43(40,41)27-8-6-5-7-24(27)33-29-23(31)17-32-30(35-29)34-25-15-21-10-12-37(19-28(39)36(2)3)13-11-22(21)16-26(25)42-4/h5-8,15-17,20H,9-14,18-19H2,1-4H3,(H2,32,33,34,35)/t20-/m0/s1. The summed E-state index contributed by atoms with van der Waals surface area (Å²) < 4.78 is 34.2. The molecule has 0 bridgehead atoms. The lowest BCUT2D eigenvalue weighted by Gasteiger charge is -2.21. The predicted octanol–water partition coefficient (Wildman–Crippen LogP) is 4.15. The first kappa shape index (κ1) is 31.0. The van der Waals surface area contributed by atoms with Crippen LogP contribution in [0.15, 0.2) is 47.5 Å². The molecular weight excluding hydrogens is 590 g/mol. The number of para-hydroxylation sites is 1. The number of anilines is 4. The SMILES string of the molecule is COc1cc2c(cc1Nc1ncc(Cl)c(Nc3ccccc3S(=O)(=O)N3CC[C@H](C)C3)n1)CCN(CC(=O)N(C)C)CC2. The molecule has 1 fully saturated rings. The van der Waals surface area contributed by atoms with Gasteiger partial charge in [0.05, 0.1) is 31.2 Å². The van der Waals surface area contributed by atoms with Crippen molar-refractivity contribution >= 4 is 50.7 Å². The van der Waals surface area contributed by atoms with Crippen molar-refractivity contribution in [3.05, 3.63) is 58.7 Å². The second-order valence-electron chi connectivity index (χ2n) is 11.3. The lowest BCUT2D eigenvalue weighted by atomic mass is 10.0. The van der Waals surface area contributed by atoms with Gasteiger partial charge in [0.25, 0.3) is 0 Å². The number of methoxy groups -OCH3 is 1. The molecule has 2 aliphatic heterocycles. The Bertz CT molecular complexity index is 1600. The van der Waals surface area contributed by atoms with E-state index in [1.807, 2.05) is 12.1 Å². The molecule has 5 rings (SSSR count). The fraction of sp³-hybridized carbons (Fsp3) is 0.433. The number of amides is 1. The number of rotatable bonds is 9. The highest BCUT2D eigenvalue weighted by atomic mass is 35.5. The van der Waals surface area contributed by atoms with Crippen LogP contribution in [0.2, 0.25) is 5.02 Å². The molecule has 230 valence electrons.